The minimum atomic E-state index is -1.41. The van der Waals surface area contributed by atoms with Crippen LogP contribution in [0.15, 0.2) is 34.0 Å². The lowest BCUT2D eigenvalue weighted by molar-refractivity contribution is -0.144. The Hall–Kier alpha value is -2.23. The SMILES string of the molecule is C/C=C/C(=O)OC[C@H]1O[C@@H](n2ccc(=O)[nH]c2=O)[C@H](O)[C@@H]1O. The maximum atomic E-state index is 11.7. The number of hydrogen-bond acceptors (Lipinski definition) is 7. The molecule has 0 bridgehead atoms. The highest BCUT2D eigenvalue weighted by molar-refractivity contribution is 5.81. The summed E-state index contributed by atoms with van der Waals surface area (Å²) in [5, 5.41) is 19.9. The molecule has 1 aliphatic rings. The van der Waals surface area contributed by atoms with Crippen molar-refractivity contribution in [2.45, 2.75) is 31.5 Å². The second-order valence-electron chi connectivity index (χ2n) is 4.69. The zero-order chi connectivity index (χ0) is 16.3. The molecule has 3 N–H and O–H groups in total. The van der Waals surface area contributed by atoms with E-state index in [-0.39, 0.29) is 6.61 Å². The maximum absolute atomic E-state index is 11.7. The number of hydrogen-bond donors (Lipinski definition) is 3. The van der Waals surface area contributed by atoms with Crippen LogP contribution >= 0.6 is 0 Å². The van der Waals surface area contributed by atoms with E-state index in [1.54, 1.807) is 6.92 Å². The summed E-state index contributed by atoms with van der Waals surface area (Å²) < 4.78 is 11.2. The van der Waals surface area contributed by atoms with Gasteiger partial charge in [-0.15, -0.1) is 0 Å². The van der Waals surface area contributed by atoms with Crippen LogP contribution in [0.25, 0.3) is 0 Å². The van der Waals surface area contributed by atoms with Crippen LogP contribution in [0.4, 0.5) is 0 Å². The lowest BCUT2D eigenvalue weighted by Crippen LogP contribution is -2.37. The Morgan fingerprint density at radius 3 is 2.82 bits per heavy atom. The maximum Gasteiger partial charge on any atom is 0.330 e. The van der Waals surface area contributed by atoms with Gasteiger partial charge in [-0.2, -0.15) is 0 Å². The van der Waals surface area contributed by atoms with Crippen molar-refractivity contribution in [3.8, 4) is 0 Å². The molecule has 120 valence electrons. The highest BCUT2D eigenvalue weighted by atomic mass is 16.6. The number of aliphatic hydroxyl groups excluding tert-OH is 2. The van der Waals surface area contributed by atoms with Crippen LogP contribution in [0.3, 0.4) is 0 Å². The summed E-state index contributed by atoms with van der Waals surface area (Å²) in [6.07, 6.45) is -1.10. The van der Waals surface area contributed by atoms with Gasteiger partial charge in [0.05, 0.1) is 0 Å². The fourth-order valence-electron chi connectivity index (χ4n) is 2.07. The van der Waals surface area contributed by atoms with Crippen molar-refractivity contribution in [1.82, 2.24) is 9.55 Å². The highest BCUT2D eigenvalue weighted by Crippen LogP contribution is 2.28. The fraction of sp³-hybridized carbons (Fsp3) is 0.462. The van der Waals surface area contributed by atoms with Gasteiger partial charge in [-0.25, -0.2) is 9.59 Å². The molecule has 2 rings (SSSR count). The molecule has 4 atom stereocenters. The van der Waals surface area contributed by atoms with Gasteiger partial charge >= 0.3 is 11.7 Å². The Bertz CT molecular complexity index is 677. The molecule has 9 heteroatoms. The van der Waals surface area contributed by atoms with Gasteiger partial charge in [-0.05, 0) is 6.92 Å². The zero-order valence-corrected chi connectivity index (χ0v) is 11.7. The number of allylic oxidation sites excluding steroid dienone is 1. The van der Waals surface area contributed by atoms with Crippen LogP contribution in [0.1, 0.15) is 13.2 Å². The van der Waals surface area contributed by atoms with Crippen LogP contribution in [0.2, 0.25) is 0 Å². The van der Waals surface area contributed by atoms with Crippen LogP contribution in [-0.2, 0) is 14.3 Å². The van der Waals surface area contributed by atoms with E-state index in [0.29, 0.717) is 0 Å². The van der Waals surface area contributed by atoms with Crippen molar-refractivity contribution >= 4 is 5.97 Å². The van der Waals surface area contributed by atoms with Gasteiger partial charge in [0.25, 0.3) is 5.56 Å². The third-order valence-corrected chi connectivity index (χ3v) is 3.16. The molecule has 0 saturated carbocycles. The van der Waals surface area contributed by atoms with Crippen LogP contribution < -0.4 is 11.2 Å². The van der Waals surface area contributed by atoms with E-state index in [1.807, 2.05) is 4.98 Å². The first kappa shape index (κ1) is 16.1. The summed E-state index contributed by atoms with van der Waals surface area (Å²) in [5.41, 5.74) is -1.37. The Morgan fingerprint density at radius 2 is 2.18 bits per heavy atom. The molecule has 1 aliphatic heterocycles. The molecule has 0 radical (unpaired) electrons. The number of carbonyl (C=O) groups excluding carboxylic acids is 1. The van der Waals surface area contributed by atoms with Gasteiger partial charge < -0.3 is 19.7 Å². The molecule has 1 aromatic rings. The topological polar surface area (TPSA) is 131 Å². The first-order valence-corrected chi connectivity index (χ1v) is 6.56. The molecule has 0 amide bonds. The van der Waals surface area contributed by atoms with Crippen molar-refractivity contribution in [2.75, 3.05) is 6.61 Å². The molecule has 9 nitrogen and oxygen atoms in total. The normalized spacial score (nSPS) is 28.1. The number of nitrogens with one attached hydrogen (secondary N) is 1. The molecule has 1 aromatic heterocycles. The Labute approximate surface area is 124 Å². The number of ether oxygens (including phenoxy) is 2. The van der Waals surface area contributed by atoms with Gasteiger partial charge in [0, 0.05) is 18.3 Å². The number of esters is 1. The van der Waals surface area contributed by atoms with E-state index in [0.717, 1.165) is 16.8 Å². The van der Waals surface area contributed by atoms with Gasteiger partial charge in [-0.1, -0.05) is 6.08 Å². The average molecular weight is 312 g/mol. The molecule has 0 aromatic carbocycles. The van der Waals surface area contributed by atoms with Gasteiger partial charge in [0.1, 0.15) is 24.9 Å². The van der Waals surface area contributed by atoms with Crippen molar-refractivity contribution in [3.63, 3.8) is 0 Å². The molecule has 1 fully saturated rings. The Kier molecular flexibility index (Phi) is 4.91. The summed E-state index contributed by atoms with van der Waals surface area (Å²) in [6, 6.07) is 1.09. The van der Waals surface area contributed by atoms with Crippen molar-refractivity contribution in [3.05, 3.63) is 45.3 Å². The first-order chi connectivity index (χ1) is 10.4. The highest BCUT2D eigenvalue weighted by Gasteiger charge is 2.44. The Morgan fingerprint density at radius 1 is 1.45 bits per heavy atom. The van der Waals surface area contributed by atoms with Crippen molar-refractivity contribution < 1.29 is 24.5 Å². The van der Waals surface area contributed by atoms with E-state index in [2.05, 4.69) is 0 Å². The zero-order valence-electron chi connectivity index (χ0n) is 11.7. The van der Waals surface area contributed by atoms with Gasteiger partial charge in [-0.3, -0.25) is 14.3 Å². The lowest BCUT2D eigenvalue weighted by atomic mass is 10.1. The number of aliphatic hydroxyl groups is 2. The molecule has 1 saturated heterocycles. The van der Waals surface area contributed by atoms with E-state index in [9.17, 15) is 24.6 Å². The third kappa shape index (κ3) is 3.32. The summed E-state index contributed by atoms with van der Waals surface area (Å²) in [4.78, 5) is 35.9. The van der Waals surface area contributed by atoms with Crippen molar-refractivity contribution in [2.24, 2.45) is 0 Å². The minimum Gasteiger partial charge on any atom is -0.460 e. The quantitative estimate of drug-likeness (QED) is 0.445. The predicted molar refractivity (Wildman–Crippen MR) is 73.0 cm³/mol. The number of rotatable bonds is 4. The summed E-state index contributed by atoms with van der Waals surface area (Å²) in [6.45, 7) is 1.36. The molecule has 0 aliphatic carbocycles. The first-order valence-electron chi connectivity index (χ1n) is 6.56. The van der Waals surface area contributed by atoms with Crippen molar-refractivity contribution in [1.29, 1.82) is 0 Å². The molecule has 22 heavy (non-hydrogen) atoms. The van der Waals surface area contributed by atoms with Crippen LogP contribution in [0.5, 0.6) is 0 Å². The number of H-pyrrole nitrogens is 1. The van der Waals surface area contributed by atoms with E-state index >= 15 is 0 Å². The summed E-state index contributed by atoms with van der Waals surface area (Å²) >= 11 is 0. The van der Waals surface area contributed by atoms with Crippen LogP contribution in [-0.4, -0.2) is 50.7 Å². The number of nitrogens with zero attached hydrogens (tertiary/aromatic N) is 1. The lowest BCUT2D eigenvalue weighted by Gasteiger charge is -2.16. The smallest absolute Gasteiger partial charge is 0.330 e. The third-order valence-electron chi connectivity index (χ3n) is 3.16. The largest absolute Gasteiger partial charge is 0.460 e. The van der Waals surface area contributed by atoms with E-state index in [4.69, 9.17) is 9.47 Å². The predicted octanol–water partition coefficient (Wildman–Crippen LogP) is -1.72. The molecule has 2 heterocycles. The number of carbonyl (C=O) groups is 1. The molecular formula is C13H16N2O7. The average Bonchev–Trinajstić information content (AvgIpc) is 2.74. The second-order valence-corrected chi connectivity index (χ2v) is 4.69. The summed E-state index contributed by atoms with van der Waals surface area (Å²) in [5.74, 6) is -0.613. The number of aromatic amines is 1. The monoisotopic (exact) mass is 312 g/mol. The molecule has 0 unspecified atom stereocenters. The standard InChI is InChI=1S/C13H16N2O7/c1-2-3-9(17)21-6-7-10(18)11(19)12(22-7)15-5-4-8(16)14-13(15)20/h2-5,7,10-12,18-19H,6H2,1H3,(H,14,16,20)/b3-2+/t7-,10-,11-,12-/m1/s1. The van der Waals surface area contributed by atoms with E-state index < -0.39 is 41.8 Å². The molecular weight excluding hydrogens is 296 g/mol. The van der Waals surface area contributed by atoms with E-state index in [1.165, 1.54) is 12.2 Å². The number of aromatic nitrogens is 2. The Balaban J connectivity index is 2.11. The summed E-state index contributed by atoms with van der Waals surface area (Å²) in [7, 11) is 0. The molecule has 0 spiro atoms. The fourth-order valence-corrected chi connectivity index (χ4v) is 2.07. The van der Waals surface area contributed by atoms with Crippen LogP contribution in [0, 0.1) is 0 Å². The minimum absolute atomic E-state index is 0.282. The second kappa shape index (κ2) is 6.69. The van der Waals surface area contributed by atoms with Gasteiger partial charge in [0.2, 0.25) is 0 Å². The van der Waals surface area contributed by atoms with Gasteiger partial charge in [0.15, 0.2) is 6.23 Å².